The highest BCUT2D eigenvalue weighted by atomic mass is 35.5. The Morgan fingerprint density at radius 2 is 1.03 bits per heavy atom. The summed E-state index contributed by atoms with van der Waals surface area (Å²) in [7, 11) is -9.62. The van der Waals surface area contributed by atoms with E-state index >= 15 is 0 Å². The van der Waals surface area contributed by atoms with E-state index in [1.807, 2.05) is 46.5 Å². The van der Waals surface area contributed by atoms with Crippen LogP contribution in [0.2, 0.25) is 5.02 Å². The minimum absolute atomic E-state index is 0.192. The molecule has 4 aromatic heterocycles. The first-order valence-corrected chi connectivity index (χ1v) is 34.7. The van der Waals surface area contributed by atoms with Gasteiger partial charge in [0.15, 0.2) is 0 Å². The van der Waals surface area contributed by atoms with Crippen molar-refractivity contribution in [1.29, 1.82) is 0 Å². The van der Waals surface area contributed by atoms with Crippen LogP contribution < -0.4 is 14.4 Å². The lowest BCUT2D eigenvalue weighted by Gasteiger charge is -2.35. The minimum atomic E-state index is -4.79. The maximum absolute atomic E-state index is 12.5. The van der Waals surface area contributed by atoms with Gasteiger partial charge in [-0.1, -0.05) is 63.6 Å². The van der Waals surface area contributed by atoms with Crippen LogP contribution in [0.15, 0.2) is 97.6 Å². The maximum Gasteiger partial charge on any atom is 0.573 e. The molecule has 88 heavy (non-hydrogen) atoms. The van der Waals surface area contributed by atoms with Crippen LogP contribution in [0.5, 0.6) is 5.75 Å². The number of aromatic nitrogens is 8. The number of halogens is 4. The lowest BCUT2D eigenvalue weighted by atomic mass is 9.85. The molecule has 0 radical (unpaired) electrons. The number of nitrogens with one attached hydrogen (secondary N) is 5. The second kappa shape index (κ2) is 26.8. The number of piperidine rings is 2. The third-order valence-corrected chi connectivity index (χ3v) is 19.5. The number of alkyl halides is 3. The monoisotopic (exact) mass is 1290 g/mol. The topological polar surface area (TPSA) is 268 Å². The number of piperazine rings is 1. The predicted molar refractivity (Wildman–Crippen MR) is 339 cm³/mol. The number of rotatable bonds is 11. The highest BCUT2D eigenvalue weighted by Crippen LogP contribution is 2.39. The Hall–Kier alpha value is -7.30. The molecular weight excluding hydrogens is 1220 g/mol. The Morgan fingerprint density at radius 1 is 0.591 bits per heavy atom. The number of fused-ring (bicyclic) bond motifs is 4. The van der Waals surface area contributed by atoms with E-state index in [0.29, 0.717) is 77.2 Å². The zero-order chi connectivity index (χ0) is 63.5. The van der Waals surface area contributed by atoms with E-state index < -0.39 is 36.4 Å². The molecule has 0 saturated carbocycles. The van der Waals surface area contributed by atoms with Gasteiger partial charge < -0.3 is 14.5 Å². The van der Waals surface area contributed by atoms with Crippen molar-refractivity contribution in [3.05, 3.63) is 125 Å². The molecule has 1 amide bonds. The summed E-state index contributed by atoms with van der Waals surface area (Å²) in [4.78, 5) is 15.2. The zero-order valence-corrected chi connectivity index (χ0v) is 53.3. The van der Waals surface area contributed by atoms with Gasteiger partial charge in [-0.25, -0.2) is 29.6 Å². The number of sulfonamides is 3. The van der Waals surface area contributed by atoms with Gasteiger partial charge in [-0.3, -0.25) is 29.9 Å². The smallest absolute Gasteiger partial charge is 0.406 e. The summed E-state index contributed by atoms with van der Waals surface area (Å²) >= 11 is 6.11. The fraction of sp³-hybridized carbons (Fsp3) is 0.417. The number of benzene rings is 5. The SMILES string of the molecule is CC(=O)N1CCC(c2cc(C(C)C)cc3[nH]ncc23)CC1.CC(C)c1cc(C2CCN(S(C)(=O)=O)CC2)c2cn[nH]c2c1.CS(=O)(=O)N1CCN(c2cc(OC(F)(F)F)cc3[nH]ncc23)CC1.CS(=O)(=O)Nc1ccc(-c2cc(Cl)cc3[nH]ncc23)cc1. The third-order valence-electron chi connectivity index (χ3n) is 16.1. The van der Waals surface area contributed by atoms with E-state index in [1.54, 1.807) is 29.6 Å². The molecule has 28 heteroatoms. The number of nitrogens with zero attached hydrogens (tertiary/aromatic N) is 8. The first-order chi connectivity index (χ1) is 41.5. The lowest BCUT2D eigenvalue weighted by molar-refractivity contribution is -0.274. The van der Waals surface area contributed by atoms with Crippen molar-refractivity contribution in [2.75, 3.05) is 80.7 Å². The fourth-order valence-electron chi connectivity index (χ4n) is 11.5. The summed E-state index contributed by atoms with van der Waals surface area (Å²) < 4.78 is 116. The Kier molecular flexibility index (Phi) is 19.8. The van der Waals surface area contributed by atoms with E-state index in [1.165, 1.54) is 61.9 Å². The first kappa shape index (κ1) is 65.2. The van der Waals surface area contributed by atoms with Crippen LogP contribution in [0.25, 0.3) is 54.7 Å². The number of H-pyrrole nitrogens is 4. The van der Waals surface area contributed by atoms with E-state index in [9.17, 15) is 43.2 Å². The number of hydrogen-bond donors (Lipinski definition) is 5. The van der Waals surface area contributed by atoms with Gasteiger partial charge in [0.2, 0.25) is 36.0 Å². The number of hydrogen-bond acceptors (Lipinski definition) is 13. The van der Waals surface area contributed by atoms with E-state index in [-0.39, 0.29) is 24.7 Å². The first-order valence-electron chi connectivity index (χ1n) is 28.8. The Labute approximate surface area is 514 Å². The van der Waals surface area contributed by atoms with Crippen molar-refractivity contribution in [1.82, 2.24) is 54.3 Å². The number of carbonyl (C=O) groups is 1. The van der Waals surface area contributed by atoms with Crippen LogP contribution in [0, 0.1) is 0 Å². The molecule has 0 unspecified atom stereocenters. The number of carbonyl (C=O) groups excluding carboxylic acids is 1. The van der Waals surface area contributed by atoms with Gasteiger partial charge >= 0.3 is 6.36 Å². The molecule has 9 aromatic rings. The van der Waals surface area contributed by atoms with Gasteiger partial charge in [0, 0.05) is 104 Å². The number of amides is 1. The van der Waals surface area contributed by atoms with E-state index in [4.69, 9.17) is 11.6 Å². The molecule has 7 heterocycles. The number of ether oxygens (including phenoxy) is 1. The van der Waals surface area contributed by atoms with E-state index in [0.717, 1.165) is 84.3 Å². The minimum Gasteiger partial charge on any atom is -0.406 e. The van der Waals surface area contributed by atoms with Gasteiger partial charge in [0.1, 0.15) is 5.75 Å². The molecule has 5 N–H and O–H groups in total. The Bertz CT molecular complexity index is 4260. The molecule has 0 atom stereocenters. The summed E-state index contributed by atoms with van der Waals surface area (Å²) in [5.41, 5.74) is 11.8. The van der Waals surface area contributed by atoms with Crippen LogP contribution in [0.1, 0.15) is 106 Å². The van der Waals surface area contributed by atoms with Crippen molar-refractivity contribution >= 4 is 103 Å². The van der Waals surface area contributed by atoms with Gasteiger partial charge in [-0.2, -0.15) is 24.7 Å². The van der Waals surface area contributed by atoms with Crippen molar-refractivity contribution < 1.29 is 48.0 Å². The summed E-state index contributed by atoms with van der Waals surface area (Å²) in [6, 6.07) is 22.3. The summed E-state index contributed by atoms with van der Waals surface area (Å²) in [6.07, 6.45) is 9.66. The molecule has 3 aliphatic heterocycles. The van der Waals surface area contributed by atoms with Crippen molar-refractivity contribution in [2.24, 2.45) is 0 Å². The second-order valence-corrected chi connectivity index (χ2v) is 29.3. The van der Waals surface area contributed by atoms with Gasteiger partial charge in [-0.15, -0.1) is 13.2 Å². The van der Waals surface area contributed by atoms with Crippen LogP contribution in [0.3, 0.4) is 0 Å². The average Bonchev–Trinajstić information content (AvgIpc) is 3.66. The second-order valence-electron chi connectivity index (χ2n) is 23.1. The predicted octanol–water partition coefficient (Wildman–Crippen LogP) is 11.0. The van der Waals surface area contributed by atoms with Gasteiger partial charge in [0.25, 0.3) is 0 Å². The molecule has 0 aliphatic carbocycles. The molecule has 0 spiro atoms. The molecule has 3 saturated heterocycles. The van der Waals surface area contributed by atoms with Crippen molar-refractivity contribution in [2.45, 2.75) is 90.3 Å². The summed E-state index contributed by atoms with van der Waals surface area (Å²) in [5, 5.41) is 32.6. The lowest BCUT2D eigenvalue weighted by Crippen LogP contribution is -2.48. The Morgan fingerprint density at radius 3 is 1.49 bits per heavy atom. The molecule has 12 rings (SSSR count). The fourth-order valence-corrected chi connectivity index (χ4v) is 13.9. The molecule has 0 bridgehead atoms. The molecule has 21 nitrogen and oxygen atoms in total. The van der Waals surface area contributed by atoms with Crippen LogP contribution in [-0.4, -0.2) is 163 Å². The Balaban J connectivity index is 0.000000140. The van der Waals surface area contributed by atoms with Crippen molar-refractivity contribution in [3.63, 3.8) is 0 Å². The largest absolute Gasteiger partial charge is 0.573 e. The molecule has 3 aliphatic rings. The normalized spacial score (nSPS) is 16.2. The average molecular weight is 1290 g/mol. The standard InChI is InChI=1S/C17H23N3O.C16H23N3O2S.C14H12ClN3O2S.C13H15F3N4O3S/c1-11(2)14-8-15(16-10-18-19-17(16)9-14)13-4-6-20(7-5-13)12(3)21;1-11(2)13-8-14(15-10-17-18-16(15)9-13)12-4-6-19(7-5-12)22(3,20)21;1-21(19,20)18-11-4-2-9(3-5-11)12-6-10(15)7-14-13(12)8-16-17-14;1-24(21,22)20-4-2-19(3-5-20)12-7-9(23-13(14,15)16)6-11-10(12)8-17-18-11/h8-11,13H,4-7H2,1-3H3,(H,18,19);8-12H,4-7H2,1-3H3,(H,17,18);2-8,18H,1H3,(H,16,17);6-8H,2-5H2,1H3,(H,17,18). The molecule has 472 valence electrons. The molecule has 5 aromatic carbocycles. The third kappa shape index (κ3) is 16.3. The van der Waals surface area contributed by atoms with Gasteiger partial charge in [0.05, 0.1) is 71.3 Å². The number of aromatic amines is 4. The van der Waals surface area contributed by atoms with Crippen LogP contribution in [-0.2, 0) is 34.9 Å². The van der Waals surface area contributed by atoms with E-state index in [2.05, 4.69) is 102 Å². The summed E-state index contributed by atoms with van der Waals surface area (Å²) in [6.45, 7) is 14.7. The maximum atomic E-state index is 12.5. The molecule has 3 fully saturated rings. The quantitative estimate of drug-likeness (QED) is 0.0807. The number of likely N-dealkylation sites (tertiary alicyclic amines) is 1. The number of anilines is 2. The highest BCUT2D eigenvalue weighted by molar-refractivity contribution is 7.92. The highest BCUT2D eigenvalue weighted by Gasteiger charge is 2.33. The molecular formula is C60H73ClF3N13O8S3. The van der Waals surface area contributed by atoms with Crippen LogP contribution >= 0.6 is 11.6 Å². The van der Waals surface area contributed by atoms with Crippen LogP contribution in [0.4, 0.5) is 24.5 Å². The summed E-state index contributed by atoms with van der Waals surface area (Å²) in [5.74, 6) is 1.74. The van der Waals surface area contributed by atoms with Gasteiger partial charge in [-0.05, 0) is 119 Å². The zero-order valence-electron chi connectivity index (χ0n) is 50.1. The van der Waals surface area contributed by atoms with Crippen molar-refractivity contribution in [3.8, 4) is 16.9 Å².